The third-order valence-electron chi connectivity index (χ3n) is 3.64. The second-order valence-electron chi connectivity index (χ2n) is 6.34. The van der Waals surface area contributed by atoms with Crippen molar-refractivity contribution >= 4 is 30.0 Å². The highest BCUT2D eigenvalue weighted by Crippen LogP contribution is 2.23. The van der Waals surface area contributed by atoms with Gasteiger partial charge in [0.15, 0.2) is 0 Å². The van der Waals surface area contributed by atoms with Crippen LogP contribution in [0, 0.1) is 0 Å². The second-order valence-corrected chi connectivity index (χ2v) is 6.34. The van der Waals surface area contributed by atoms with E-state index in [4.69, 9.17) is 4.74 Å². The van der Waals surface area contributed by atoms with Gasteiger partial charge in [0, 0.05) is 30.8 Å². The number of anilines is 1. The van der Waals surface area contributed by atoms with E-state index >= 15 is 0 Å². The lowest BCUT2D eigenvalue weighted by atomic mass is 10.1. The molecule has 0 aromatic heterocycles. The molecule has 0 fully saturated rings. The summed E-state index contributed by atoms with van der Waals surface area (Å²) in [7, 11) is 0. The zero-order valence-electron chi connectivity index (χ0n) is 15.8. The molecule has 0 heterocycles. The summed E-state index contributed by atoms with van der Waals surface area (Å²) in [4.78, 5) is 23.8. The molecular formula is C19H31ClN2O4. The Kier molecular flexibility index (Phi) is 12.5. The molecule has 0 aliphatic heterocycles. The first-order valence-corrected chi connectivity index (χ1v) is 8.97. The fourth-order valence-electron chi connectivity index (χ4n) is 2.25. The number of amides is 1. The Balaban J connectivity index is 0.00000625. The van der Waals surface area contributed by atoms with Crippen molar-refractivity contribution in [3.63, 3.8) is 0 Å². The number of phenolic OH excluding ortho intramolecular Hbond substituents is 1. The van der Waals surface area contributed by atoms with Crippen molar-refractivity contribution in [3.8, 4) is 5.75 Å². The molecule has 7 heteroatoms. The summed E-state index contributed by atoms with van der Waals surface area (Å²) in [6.07, 6.45) is 4.41. The van der Waals surface area contributed by atoms with Crippen LogP contribution < -0.4 is 10.6 Å². The standard InChI is InChI=1S/C19H30N2O4.ClH/c1-4-5-6-7-12-25-19(24)16-9-8-15(13-17(16)22)21-18(23)10-11-20-14(2)3;/h8-9,13-14,20,22H,4-7,10-12H2,1-3H3,(H,21,23);1H. The quantitative estimate of drug-likeness (QED) is 0.397. The summed E-state index contributed by atoms with van der Waals surface area (Å²) in [5.41, 5.74) is 0.557. The highest BCUT2D eigenvalue weighted by atomic mass is 35.5. The van der Waals surface area contributed by atoms with E-state index in [0.717, 1.165) is 25.7 Å². The maximum Gasteiger partial charge on any atom is 0.341 e. The lowest BCUT2D eigenvalue weighted by Gasteiger charge is -2.10. The van der Waals surface area contributed by atoms with Gasteiger partial charge in [-0.15, -0.1) is 12.4 Å². The molecule has 6 nitrogen and oxygen atoms in total. The van der Waals surface area contributed by atoms with Gasteiger partial charge in [-0.3, -0.25) is 4.79 Å². The third-order valence-corrected chi connectivity index (χ3v) is 3.64. The Bertz CT molecular complexity index is 564. The average Bonchev–Trinajstić information content (AvgIpc) is 2.54. The molecule has 148 valence electrons. The Hall–Kier alpha value is -1.79. The molecule has 1 aromatic rings. The number of esters is 1. The molecule has 0 saturated heterocycles. The Morgan fingerprint density at radius 2 is 1.92 bits per heavy atom. The van der Waals surface area contributed by atoms with Gasteiger partial charge in [0.05, 0.1) is 6.61 Å². The summed E-state index contributed by atoms with van der Waals surface area (Å²) >= 11 is 0. The van der Waals surface area contributed by atoms with Gasteiger partial charge >= 0.3 is 5.97 Å². The maximum absolute atomic E-state index is 12.0. The summed E-state index contributed by atoms with van der Waals surface area (Å²) < 4.78 is 5.16. The molecular weight excluding hydrogens is 356 g/mol. The van der Waals surface area contributed by atoms with Gasteiger partial charge in [0.1, 0.15) is 11.3 Å². The molecule has 0 unspecified atom stereocenters. The van der Waals surface area contributed by atoms with Gasteiger partial charge in [-0.05, 0) is 18.6 Å². The van der Waals surface area contributed by atoms with E-state index in [-0.39, 0.29) is 29.6 Å². The van der Waals surface area contributed by atoms with Crippen molar-refractivity contribution < 1.29 is 19.4 Å². The van der Waals surface area contributed by atoms with E-state index in [2.05, 4.69) is 17.6 Å². The fraction of sp³-hybridized carbons (Fsp3) is 0.579. The van der Waals surface area contributed by atoms with Crippen LogP contribution in [0.1, 0.15) is 63.2 Å². The van der Waals surface area contributed by atoms with Crippen LogP contribution >= 0.6 is 12.4 Å². The predicted molar refractivity (Wildman–Crippen MR) is 106 cm³/mol. The minimum absolute atomic E-state index is 0. The Morgan fingerprint density at radius 3 is 2.54 bits per heavy atom. The van der Waals surface area contributed by atoms with Crippen molar-refractivity contribution in [2.24, 2.45) is 0 Å². The lowest BCUT2D eigenvalue weighted by molar-refractivity contribution is -0.116. The topological polar surface area (TPSA) is 87.7 Å². The van der Waals surface area contributed by atoms with Gasteiger partial charge in [0.25, 0.3) is 0 Å². The van der Waals surface area contributed by atoms with Gasteiger partial charge < -0.3 is 20.5 Å². The number of benzene rings is 1. The molecule has 1 amide bonds. The second kappa shape index (κ2) is 13.4. The van der Waals surface area contributed by atoms with Crippen LogP contribution in [-0.2, 0) is 9.53 Å². The van der Waals surface area contributed by atoms with Crippen LogP contribution in [0.25, 0.3) is 0 Å². The monoisotopic (exact) mass is 386 g/mol. The lowest BCUT2D eigenvalue weighted by Crippen LogP contribution is -2.27. The smallest absolute Gasteiger partial charge is 0.341 e. The number of rotatable bonds is 11. The van der Waals surface area contributed by atoms with E-state index in [9.17, 15) is 14.7 Å². The van der Waals surface area contributed by atoms with Crippen LogP contribution in [0.15, 0.2) is 18.2 Å². The molecule has 0 radical (unpaired) electrons. The molecule has 3 N–H and O–H groups in total. The summed E-state index contributed by atoms with van der Waals surface area (Å²) in [6.45, 7) is 7.07. The normalized spacial score (nSPS) is 10.3. The van der Waals surface area contributed by atoms with E-state index in [1.165, 1.54) is 12.1 Å². The summed E-state index contributed by atoms with van der Waals surface area (Å²) in [5, 5.41) is 15.9. The van der Waals surface area contributed by atoms with Gasteiger partial charge in [-0.1, -0.05) is 40.0 Å². The van der Waals surface area contributed by atoms with Gasteiger partial charge in [-0.25, -0.2) is 4.79 Å². The molecule has 0 saturated carbocycles. The number of phenols is 1. The van der Waals surface area contributed by atoms with Crippen LogP contribution in [-0.4, -0.2) is 36.2 Å². The minimum atomic E-state index is -0.548. The van der Waals surface area contributed by atoms with Gasteiger partial charge in [-0.2, -0.15) is 0 Å². The Morgan fingerprint density at radius 1 is 1.19 bits per heavy atom. The van der Waals surface area contributed by atoms with Crippen molar-refractivity contribution in [1.82, 2.24) is 5.32 Å². The highest BCUT2D eigenvalue weighted by molar-refractivity contribution is 5.95. The number of aromatic hydroxyl groups is 1. The molecule has 1 aromatic carbocycles. The maximum atomic E-state index is 12.0. The van der Waals surface area contributed by atoms with E-state index in [0.29, 0.717) is 31.3 Å². The van der Waals surface area contributed by atoms with Crippen LogP contribution in [0.2, 0.25) is 0 Å². The number of halogens is 1. The number of hydrogen-bond donors (Lipinski definition) is 3. The first kappa shape index (κ1) is 24.2. The van der Waals surface area contributed by atoms with Crippen molar-refractivity contribution in [2.75, 3.05) is 18.5 Å². The zero-order chi connectivity index (χ0) is 18.7. The Labute approximate surface area is 162 Å². The molecule has 0 bridgehead atoms. The molecule has 0 aliphatic rings. The van der Waals surface area contributed by atoms with E-state index < -0.39 is 5.97 Å². The largest absolute Gasteiger partial charge is 0.507 e. The predicted octanol–water partition coefficient (Wildman–Crippen LogP) is 3.88. The zero-order valence-corrected chi connectivity index (χ0v) is 16.7. The number of ether oxygens (including phenoxy) is 1. The van der Waals surface area contributed by atoms with Gasteiger partial charge in [0.2, 0.25) is 5.91 Å². The van der Waals surface area contributed by atoms with Crippen molar-refractivity contribution in [3.05, 3.63) is 23.8 Å². The minimum Gasteiger partial charge on any atom is -0.507 e. The number of carbonyl (C=O) groups is 2. The fourth-order valence-corrected chi connectivity index (χ4v) is 2.25. The van der Waals surface area contributed by atoms with Crippen LogP contribution in [0.4, 0.5) is 5.69 Å². The number of carbonyl (C=O) groups excluding carboxylic acids is 2. The first-order valence-electron chi connectivity index (χ1n) is 8.97. The number of unbranched alkanes of at least 4 members (excludes halogenated alkanes) is 3. The molecule has 0 spiro atoms. The summed E-state index contributed by atoms with van der Waals surface area (Å²) in [6, 6.07) is 4.73. The van der Waals surface area contributed by atoms with Crippen molar-refractivity contribution in [2.45, 2.75) is 58.9 Å². The SMILES string of the molecule is CCCCCCOC(=O)c1ccc(NC(=O)CCNC(C)C)cc1O.Cl. The molecule has 1 rings (SSSR count). The molecule has 0 aliphatic carbocycles. The third kappa shape index (κ3) is 9.63. The first-order chi connectivity index (χ1) is 11.9. The number of nitrogens with one attached hydrogen (secondary N) is 2. The van der Waals surface area contributed by atoms with E-state index in [1.54, 1.807) is 6.07 Å². The van der Waals surface area contributed by atoms with Crippen LogP contribution in [0.5, 0.6) is 5.75 Å². The molecule has 26 heavy (non-hydrogen) atoms. The van der Waals surface area contributed by atoms with Crippen molar-refractivity contribution in [1.29, 1.82) is 0 Å². The van der Waals surface area contributed by atoms with Crippen LogP contribution in [0.3, 0.4) is 0 Å². The van der Waals surface area contributed by atoms with E-state index in [1.807, 2.05) is 13.8 Å². The molecule has 0 atom stereocenters. The highest BCUT2D eigenvalue weighted by Gasteiger charge is 2.14. The number of hydrogen-bond acceptors (Lipinski definition) is 5. The summed E-state index contributed by atoms with van der Waals surface area (Å²) in [5.74, 6) is -0.900. The average molecular weight is 387 g/mol.